The van der Waals surface area contributed by atoms with Gasteiger partial charge in [0.1, 0.15) is 24.7 Å². The lowest BCUT2D eigenvalue weighted by Crippen LogP contribution is -2.46. The van der Waals surface area contributed by atoms with Gasteiger partial charge >= 0.3 is 0 Å². The van der Waals surface area contributed by atoms with Crippen LogP contribution in [-0.4, -0.2) is 75.1 Å². The van der Waals surface area contributed by atoms with Crippen molar-refractivity contribution < 1.29 is 22.7 Å². The topological polar surface area (TPSA) is 100 Å². The summed E-state index contributed by atoms with van der Waals surface area (Å²) in [5.74, 6) is 0.893. The van der Waals surface area contributed by atoms with Crippen molar-refractivity contribution in [1.82, 2.24) is 14.5 Å². The van der Waals surface area contributed by atoms with Crippen molar-refractivity contribution in [2.75, 3.05) is 51.8 Å². The average molecular weight is 555 g/mol. The highest BCUT2D eigenvalue weighted by atomic mass is 32.2. The summed E-state index contributed by atoms with van der Waals surface area (Å²) >= 11 is 5.28. The third-order valence-corrected chi connectivity index (χ3v) is 8.02. The Hall–Kier alpha value is -3.51. The van der Waals surface area contributed by atoms with Gasteiger partial charge in [-0.05, 0) is 73.9 Å². The number of nitrogens with one attached hydrogen (secondary N) is 2. The van der Waals surface area contributed by atoms with Gasteiger partial charge in [0.05, 0.1) is 4.90 Å². The number of anilines is 1. The van der Waals surface area contributed by atoms with Crippen molar-refractivity contribution >= 4 is 38.9 Å². The first-order chi connectivity index (χ1) is 18.3. The number of carbonyl (C=O) groups excluding carboxylic acids is 1. The molecule has 200 valence electrons. The van der Waals surface area contributed by atoms with Gasteiger partial charge in [-0.25, -0.2) is 8.42 Å². The molecule has 0 aliphatic carbocycles. The zero-order valence-electron chi connectivity index (χ0n) is 21.0. The number of likely N-dealkylation sites (N-methyl/N-ethyl adjacent to an activating group) is 1. The van der Waals surface area contributed by atoms with E-state index in [4.69, 9.17) is 21.7 Å². The number of thiocarbonyl (C=S) groups is 1. The predicted octanol–water partition coefficient (Wildman–Crippen LogP) is 3.21. The molecule has 3 aromatic rings. The van der Waals surface area contributed by atoms with E-state index in [0.29, 0.717) is 56.4 Å². The van der Waals surface area contributed by atoms with E-state index in [1.54, 1.807) is 36.4 Å². The maximum Gasteiger partial charge on any atom is 0.257 e. The molecule has 1 fully saturated rings. The van der Waals surface area contributed by atoms with E-state index in [1.807, 2.05) is 37.4 Å². The Morgan fingerprint density at radius 3 is 2.18 bits per heavy atom. The first-order valence-corrected chi connectivity index (χ1v) is 14.0. The molecule has 1 aliphatic rings. The van der Waals surface area contributed by atoms with Gasteiger partial charge in [0, 0.05) is 37.4 Å². The molecule has 0 spiro atoms. The largest absolute Gasteiger partial charge is 0.490 e. The van der Waals surface area contributed by atoms with Crippen molar-refractivity contribution in [3.8, 4) is 11.5 Å². The van der Waals surface area contributed by atoms with Crippen LogP contribution in [0.4, 0.5) is 5.69 Å². The molecule has 0 bridgehead atoms. The summed E-state index contributed by atoms with van der Waals surface area (Å²) in [5.41, 5.74) is 0.937. The van der Waals surface area contributed by atoms with Gasteiger partial charge in [0.15, 0.2) is 5.11 Å². The average Bonchev–Trinajstić information content (AvgIpc) is 2.92. The summed E-state index contributed by atoms with van der Waals surface area (Å²) < 4.78 is 38.6. The number of hydrogen-bond donors (Lipinski definition) is 2. The lowest BCUT2D eigenvalue weighted by atomic mass is 10.2. The number of benzene rings is 3. The number of ether oxygens (including phenoxy) is 2. The Morgan fingerprint density at radius 2 is 1.50 bits per heavy atom. The van der Waals surface area contributed by atoms with E-state index in [9.17, 15) is 13.2 Å². The second-order valence-corrected chi connectivity index (χ2v) is 11.0. The molecule has 1 aliphatic heterocycles. The van der Waals surface area contributed by atoms with Crippen LogP contribution in [0.3, 0.4) is 0 Å². The zero-order chi connectivity index (χ0) is 27.0. The Morgan fingerprint density at radius 1 is 0.868 bits per heavy atom. The minimum absolute atomic E-state index is 0.0901. The normalized spacial score (nSPS) is 14.4. The number of carbonyl (C=O) groups is 1. The van der Waals surface area contributed by atoms with Crippen molar-refractivity contribution in [2.24, 2.45) is 0 Å². The van der Waals surface area contributed by atoms with E-state index in [1.165, 1.54) is 16.4 Å². The van der Waals surface area contributed by atoms with Crippen molar-refractivity contribution in [3.63, 3.8) is 0 Å². The molecule has 0 saturated carbocycles. The molecular weight excluding hydrogens is 524 g/mol. The number of para-hydroxylation sites is 1. The quantitative estimate of drug-likeness (QED) is 0.307. The lowest BCUT2D eigenvalue weighted by Gasteiger charge is -2.31. The van der Waals surface area contributed by atoms with Gasteiger partial charge in [0.2, 0.25) is 10.0 Å². The molecule has 11 heteroatoms. The van der Waals surface area contributed by atoms with Crippen molar-refractivity contribution in [2.45, 2.75) is 4.90 Å². The number of rotatable bonds is 9. The zero-order valence-corrected chi connectivity index (χ0v) is 22.6. The number of sulfonamides is 1. The molecule has 0 radical (unpaired) electrons. The maximum absolute atomic E-state index is 12.9. The van der Waals surface area contributed by atoms with Crippen LogP contribution in [0, 0.1) is 0 Å². The molecule has 1 saturated heterocycles. The fraction of sp³-hybridized carbons (Fsp3) is 0.259. The SMILES string of the molecule is CN1CCN(S(=O)(=O)c2ccc(NC(=S)NC(=O)c3cccc(OCCOc4ccccc4)c3)cc2)CC1. The van der Waals surface area contributed by atoms with Crippen LogP contribution in [0.15, 0.2) is 83.8 Å². The molecule has 1 amide bonds. The predicted molar refractivity (Wildman–Crippen MR) is 150 cm³/mol. The van der Waals surface area contributed by atoms with Crippen molar-refractivity contribution in [1.29, 1.82) is 0 Å². The second-order valence-electron chi connectivity index (χ2n) is 8.68. The highest BCUT2D eigenvalue weighted by molar-refractivity contribution is 7.89. The number of hydrogen-bond acceptors (Lipinski definition) is 7. The molecule has 2 N–H and O–H groups in total. The molecule has 3 aromatic carbocycles. The molecular formula is C27H30N4O5S2. The van der Waals surface area contributed by atoms with E-state index in [-0.39, 0.29) is 10.0 Å². The van der Waals surface area contributed by atoms with Gasteiger partial charge in [-0.3, -0.25) is 10.1 Å². The maximum atomic E-state index is 12.9. The molecule has 1 heterocycles. The van der Waals surface area contributed by atoms with Gasteiger partial charge in [-0.15, -0.1) is 0 Å². The van der Waals surface area contributed by atoms with E-state index in [0.717, 1.165) is 5.75 Å². The summed E-state index contributed by atoms with van der Waals surface area (Å²) in [6.07, 6.45) is 0. The minimum Gasteiger partial charge on any atom is -0.490 e. The molecule has 38 heavy (non-hydrogen) atoms. The second kappa shape index (κ2) is 12.8. The lowest BCUT2D eigenvalue weighted by molar-refractivity contribution is 0.0977. The third kappa shape index (κ3) is 7.51. The van der Waals surface area contributed by atoms with Gasteiger partial charge < -0.3 is 19.7 Å². The first-order valence-electron chi connectivity index (χ1n) is 12.1. The minimum atomic E-state index is -3.56. The van der Waals surface area contributed by atoms with Crippen LogP contribution >= 0.6 is 12.2 Å². The van der Waals surface area contributed by atoms with Gasteiger partial charge in [0.25, 0.3) is 5.91 Å². The van der Waals surface area contributed by atoms with Crippen LogP contribution in [-0.2, 0) is 10.0 Å². The monoisotopic (exact) mass is 554 g/mol. The summed E-state index contributed by atoms with van der Waals surface area (Å²) in [6.45, 7) is 3.00. The smallest absolute Gasteiger partial charge is 0.257 e. The summed E-state index contributed by atoms with van der Waals surface area (Å²) in [6, 6.07) is 22.5. The summed E-state index contributed by atoms with van der Waals surface area (Å²) in [4.78, 5) is 15.0. The number of amides is 1. The highest BCUT2D eigenvalue weighted by Crippen LogP contribution is 2.20. The highest BCUT2D eigenvalue weighted by Gasteiger charge is 2.27. The first kappa shape index (κ1) is 27.5. The molecule has 9 nitrogen and oxygen atoms in total. The standard InChI is InChI=1S/C27H30N4O5S2/c1-30-14-16-31(17-15-30)38(33,34)25-12-10-22(11-13-25)28-27(37)29-26(32)21-6-5-9-24(20-21)36-19-18-35-23-7-3-2-4-8-23/h2-13,20H,14-19H2,1H3,(H2,28,29,32,37). The van der Waals surface area contributed by atoms with Crippen LogP contribution in [0.25, 0.3) is 0 Å². The van der Waals surface area contributed by atoms with Gasteiger partial charge in [-0.2, -0.15) is 4.31 Å². The van der Waals surface area contributed by atoms with E-state index >= 15 is 0 Å². The van der Waals surface area contributed by atoms with Crippen LogP contribution in [0.2, 0.25) is 0 Å². The number of nitrogens with zero attached hydrogens (tertiary/aromatic N) is 2. The Bertz CT molecular complexity index is 1340. The van der Waals surface area contributed by atoms with Crippen LogP contribution < -0.4 is 20.1 Å². The molecule has 0 unspecified atom stereocenters. The Labute approximate surface area is 228 Å². The van der Waals surface area contributed by atoms with E-state index < -0.39 is 15.9 Å². The van der Waals surface area contributed by atoms with Crippen molar-refractivity contribution in [3.05, 3.63) is 84.4 Å². The summed E-state index contributed by atoms with van der Waals surface area (Å²) in [5, 5.41) is 5.64. The van der Waals surface area contributed by atoms with Crippen LogP contribution in [0.1, 0.15) is 10.4 Å². The number of piperazine rings is 1. The molecule has 0 atom stereocenters. The Kier molecular flexibility index (Phi) is 9.29. The fourth-order valence-corrected chi connectivity index (χ4v) is 5.42. The Balaban J connectivity index is 1.26. The summed E-state index contributed by atoms with van der Waals surface area (Å²) in [7, 11) is -1.58. The van der Waals surface area contributed by atoms with Crippen LogP contribution in [0.5, 0.6) is 11.5 Å². The molecule has 0 aromatic heterocycles. The van der Waals surface area contributed by atoms with Gasteiger partial charge in [-0.1, -0.05) is 24.3 Å². The third-order valence-electron chi connectivity index (χ3n) is 5.90. The fourth-order valence-electron chi connectivity index (χ4n) is 3.79. The van der Waals surface area contributed by atoms with E-state index in [2.05, 4.69) is 15.5 Å². The molecule has 4 rings (SSSR count).